The van der Waals surface area contributed by atoms with Crippen molar-refractivity contribution in [3.05, 3.63) is 73.9 Å². The molecule has 2 aromatic heterocycles. The maximum absolute atomic E-state index is 13.6. The first kappa shape index (κ1) is 31.2. The van der Waals surface area contributed by atoms with Crippen LogP contribution in [0.5, 0.6) is 0 Å². The van der Waals surface area contributed by atoms with E-state index in [1.807, 2.05) is 30.3 Å². The van der Waals surface area contributed by atoms with Crippen molar-refractivity contribution in [1.29, 1.82) is 0 Å². The van der Waals surface area contributed by atoms with Crippen molar-refractivity contribution in [2.75, 3.05) is 24.7 Å². The quantitative estimate of drug-likeness (QED) is 0.0399. The molecule has 0 bridgehead atoms. The second-order valence-electron chi connectivity index (χ2n) is 10.5. The number of fused-ring (bicyclic) bond motifs is 5. The van der Waals surface area contributed by atoms with Crippen molar-refractivity contribution < 1.29 is 33.3 Å². The molecule has 0 saturated carbocycles. The Morgan fingerprint density at radius 1 is 1.16 bits per heavy atom. The Morgan fingerprint density at radius 2 is 1.89 bits per heavy atom. The van der Waals surface area contributed by atoms with E-state index in [1.54, 1.807) is 17.6 Å². The van der Waals surface area contributed by atoms with Gasteiger partial charge in [-0.1, -0.05) is 51.8 Å². The molecule has 15 heteroatoms. The molecule has 0 unspecified atom stereocenters. The maximum atomic E-state index is 13.6. The number of rotatable bonds is 11. The summed E-state index contributed by atoms with van der Waals surface area (Å²) in [6.45, 7) is 4.79. The van der Waals surface area contributed by atoms with Crippen LogP contribution in [0.3, 0.4) is 0 Å². The molecule has 4 heterocycles. The van der Waals surface area contributed by atoms with Crippen LogP contribution in [-0.4, -0.2) is 57.9 Å². The van der Waals surface area contributed by atoms with Gasteiger partial charge in [-0.15, -0.1) is 0 Å². The molecule has 0 spiro atoms. The smallest absolute Gasteiger partial charge is 0.464 e. The van der Waals surface area contributed by atoms with Crippen LogP contribution in [0.4, 0.5) is 4.79 Å². The van der Waals surface area contributed by atoms with Gasteiger partial charge in [-0.3, -0.25) is 9.59 Å². The van der Waals surface area contributed by atoms with E-state index in [9.17, 15) is 19.2 Å². The van der Waals surface area contributed by atoms with Crippen molar-refractivity contribution in [3.8, 4) is 11.4 Å². The van der Waals surface area contributed by atoms with Gasteiger partial charge in [-0.2, -0.15) is 0 Å². The summed E-state index contributed by atoms with van der Waals surface area (Å²) in [5, 5.41) is 4.36. The molecule has 5 rings (SSSR count). The molecule has 13 nitrogen and oxygen atoms in total. The fourth-order valence-electron chi connectivity index (χ4n) is 5.03. The topological polar surface area (TPSA) is 172 Å². The molecule has 2 aliphatic rings. The van der Waals surface area contributed by atoms with Crippen molar-refractivity contribution in [1.82, 2.24) is 9.55 Å². The number of nitrogens with zero attached hydrogens (tertiary/aromatic N) is 5. The van der Waals surface area contributed by atoms with Crippen LogP contribution < -0.4 is 5.56 Å². The zero-order valence-electron chi connectivity index (χ0n) is 24.2. The summed E-state index contributed by atoms with van der Waals surface area (Å²) >= 11 is 0. The lowest BCUT2D eigenvalue weighted by Gasteiger charge is -2.35. The normalized spacial score (nSPS) is 16.7. The fourth-order valence-corrected chi connectivity index (χ4v) is 6.68. The average molecular weight is 640 g/mol. The Kier molecular flexibility index (Phi) is 9.09. The molecule has 0 aliphatic carbocycles. The minimum absolute atomic E-state index is 0.0148. The predicted molar refractivity (Wildman–Crippen MR) is 164 cm³/mol. The molecule has 0 fully saturated rings. The molecule has 0 amide bonds. The minimum Gasteiger partial charge on any atom is -0.464 e. The first-order chi connectivity index (χ1) is 21.1. The Labute approximate surface area is 259 Å². The van der Waals surface area contributed by atoms with Crippen LogP contribution in [-0.2, 0) is 47.3 Å². The number of esters is 2. The maximum Gasteiger partial charge on any atom is 0.509 e. The van der Waals surface area contributed by atoms with Gasteiger partial charge in [0.05, 0.1) is 29.0 Å². The van der Waals surface area contributed by atoms with Crippen molar-refractivity contribution >= 4 is 50.6 Å². The summed E-state index contributed by atoms with van der Waals surface area (Å²) in [4.78, 5) is 58.9. The Hall–Kier alpha value is -4.20. The molecular formula is C29H29N5O8S2. The summed E-state index contributed by atoms with van der Waals surface area (Å²) in [5.41, 5.74) is 8.41. The molecule has 44 heavy (non-hydrogen) atoms. The van der Waals surface area contributed by atoms with Crippen LogP contribution in [0.15, 0.2) is 46.3 Å². The highest BCUT2D eigenvalue weighted by atomic mass is 33.1. The van der Waals surface area contributed by atoms with Gasteiger partial charge in [0.2, 0.25) is 5.60 Å². The van der Waals surface area contributed by atoms with Crippen LogP contribution in [0.2, 0.25) is 0 Å². The van der Waals surface area contributed by atoms with E-state index in [2.05, 4.69) is 10.0 Å². The van der Waals surface area contributed by atoms with Crippen molar-refractivity contribution in [2.45, 2.75) is 51.5 Å². The number of benzene rings is 1. The third-order valence-corrected chi connectivity index (χ3v) is 9.64. The molecule has 0 radical (unpaired) electrons. The summed E-state index contributed by atoms with van der Waals surface area (Å²) in [6, 6.07) is 11.4. The number of para-hydroxylation sites is 1. The van der Waals surface area contributed by atoms with Gasteiger partial charge in [0, 0.05) is 32.9 Å². The highest BCUT2D eigenvalue weighted by Gasteiger charge is 2.51. The molecule has 1 atom stereocenters. The first-order valence-corrected chi connectivity index (χ1v) is 16.3. The lowest BCUT2D eigenvalue weighted by Crippen LogP contribution is -2.47. The highest BCUT2D eigenvalue weighted by Crippen LogP contribution is 2.41. The number of ether oxygens (including phenoxy) is 4. The number of carbonyl (C=O) groups is 3. The second kappa shape index (κ2) is 12.8. The van der Waals surface area contributed by atoms with E-state index < -0.39 is 29.2 Å². The van der Waals surface area contributed by atoms with E-state index in [4.69, 9.17) is 29.5 Å². The number of azide groups is 1. The highest BCUT2D eigenvalue weighted by molar-refractivity contribution is 8.76. The third kappa shape index (κ3) is 5.94. The van der Waals surface area contributed by atoms with Gasteiger partial charge >= 0.3 is 18.1 Å². The van der Waals surface area contributed by atoms with Crippen LogP contribution in [0, 0.1) is 0 Å². The average Bonchev–Trinajstić information content (AvgIpc) is 3.36. The van der Waals surface area contributed by atoms with Crippen molar-refractivity contribution in [2.24, 2.45) is 5.11 Å². The van der Waals surface area contributed by atoms with E-state index in [0.717, 1.165) is 16.5 Å². The van der Waals surface area contributed by atoms with Gasteiger partial charge in [0.15, 0.2) is 0 Å². The first-order valence-electron chi connectivity index (χ1n) is 13.8. The largest absolute Gasteiger partial charge is 0.509 e. The lowest BCUT2D eigenvalue weighted by molar-refractivity contribution is -0.175. The summed E-state index contributed by atoms with van der Waals surface area (Å²) in [5.74, 6) is -0.547. The SMILES string of the molecule is CC[C@@]1(OC(=O)OCCSSCCOC(=O)C(C)(C)N=[N+]=[N-])C(=O)OCc2c1cc1n(c2=O)Cc2cc3ccccc3nc2-1. The molecule has 1 aromatic carbocycles. The fraction of sp³-hybridized carbons (Fsp3) is 0.414. The van der Waals surface area contributed by atoms with E-state index in [0.29, 0.717) is 29.4 Å². The Bertz CT molecular complexity index is 1750. The zero-order valence-corrected chi connectivity index (χ0v) is 25.9. The minimum atomic E-state index is -1.85. The predicted octanol–water partition coefficient (Wildman–Crippen LogP) is 5.25. The molecule has 3 aromatic rings. The van der Waals surface area contributed by atoms with Crippen LogP contribution >= 0.6 is 21.6 Å². The standard InChI is InChI=1S/C29H29N5O8S2/c1-4-29(42-27(38)40-10-12-44-43-11-9-39-25(36)28(2,3)32-33-30)20-14-22-23-18(13-17-7-5-6-8-21(17)31-23)15-34(22)24(35)19(20)16-41-26(29)37/h5-8,13-14H,4,9-12,15-16H2,1-3H3/t29-/m0/s1. The van der Waals surface area contributed by atoms with Gasteiger partial charge in [0.1, 0.15) is 25.4 Å². The third-order valence-electron chi connectivity index (χ3n) is 7.31. The number of hydrogen-bond acceptors (Lipinski definition) is 12. The zero-order chi connectivity index (χ0) is 31.5. The Balaban J connectivity index is 1.23. The molecule has 2 aliphatic heterocycles. The van der Waals surface area contributed by atoms with Crippen LogP contribution in [0.25, 0.3) is 32.7 Å². The summed E-state index contributed by atoms with van der Waals surface area (Å²) in [7, 11) is 2.78. The van der Waals surface area contributed by atoms with Crippen molar-refractivity contribution in [3.63, 3.8) is 0 Å². The molecule has 0 saturated heterocycles. The van der Waals surface area contributed by atoms with Crippen LogP contribution in [0.1, 0.15) is 43.9 Å². The van der Waals surface area contributed by atoms with Gasteiger partial charge in [-0.05, 0) is 44.0 Å². The molecule has 0 N–H and O–H groups in total. The second-order valence-corrected chi connectivity index (χ2v) is 13.2. The van der Waals surface area contributed by atoms with E-state index >= 15 is 0 Å². The molecule has 230 valence electrons. The number of pyridine rings is 2. The van der Waals surface area contributed by atoms with Gasteiger partial charge < -0.3 is 23.5 Å². The lowest BCUT2D eigenvalue weighted by atomic mass is 9.85. The Morgan fingerprint density at radius 3 is 2.61 bits per heavy atom. The molecular weight excluding hydrogens is 610 g/mol. The van der Waals surface area contributed by atoms with E-state index in [-0.39, 0.29) is 42.9 Å². The summed E-state index contributed by atoms with van der Waals surface area (Å²) in [6.07, 6.45) is -1.05. The monoisotopic (exact) mass is 639 g/mol. The number of hydrogen-bond donors (Lipinski definition) is 0. The van der Waals surface area contributed by atoms with E-state index in [1.165, 1.54) is 35.4 Å². The summed E-state index contributed by atoms with van der Waals surface area (Å²) < 4.78 is 23.0. The van der Waals surface area contributed by atoms with Gasteiger partial charge in [0.25, 0.3) is 5.56 Å². The number of aromatic nitrogens is 2. The van der Waals surface area contributed by atoms with Gasteiger partial charge in [-0.25, -0.2) is 14.6 Å². The number of carbonyl (C=O) groups excluding carboxylic acids is 3. The number of cyclic esters (lactones) is 1.